The first-order valence-electron chi connectivity index (χ1n) is 8.91. The van der Waals surface area contributed by atoms with Crippen LogP contribution in [-0.4, -0.2) is 9.97 Å². The van der Waals surface area contributed by atoms with Crippen LogP contribution in [0.3, 0.4) is 0 Å². The van der Waals surface area contributed by atoms with Gasteiger partial charge in [0.2, 0.25) is 0 Å². The summed E-state index contributed by atoms with van der Waals surface area (Å²) in [6.45, 7) is 0. The number of H-pyrrole nitrogens is 1. The highest BCUT2D eigenvalue weighted by molar-refractivity contribution is 7.17. The Morgan fingerprint density at radius 2 is 1.75 bits per heavy atom. The molecular formula is C23H15ClN2OS. The van der Waals surface area contributed by atoms with E-state index in [-0.39, 0.29) is 5.56 Å². The van der Waals surface area contributed by atoms with Gasteiger partial charge in [0.05, 0.1) is 5.39 Å². The fourth-order valence-electron chi connectivity index (χ4n) is 3.44. The highest BCUT2D eigenvalue weighted by Crippen LogP contribution is 2.32. The Balaban J connectivity index is 1.58. The number of benzene rings is 3. The largest absolute Gasteiger partial charge is 0.310 e. The average Bonchev–Trinajstić information content (AvgIpc) is 3.14. The van der Waals surface area contributed by atoms with Crippen LogP contribution in [0.5, 0.6) is 0 Å². The van der Waals surface area contributed by atoms with Gasteiger partial charge in [-0.1, -0.05) is 60.1 Å². The second kappa shape index (κ2) is 6.89. The standard InChI is InChI=1S/C23H15ClN2OS/c24-18-9-5-14(6-10-18)11-20-25-22(27)21-19(13-28-23(21)26-20)17-8-7-15-3-1-2-4-16(15)12-17/h1-10,12-13H,11H2,(H,25,26,27). The zero-order valence-electron chi connectivity index (χ0n) is 14.8. The quantitative estimate of drug-likeness (QED) is 0.399. The Labute approximate surface area is 170 Å². The second-order valence-corrected chi connectivity index (χ2v) is 8.00. The topological polar surface area (TPSA) is 45.8 Å². The Morgan fingerprint density at radius 1 is 0.964 bits per heavy atom. The summed E-state index contributed by atoms with van der Waals surface area (Å²) in [7, 11) is 0. The van der Waals surface area contributed by atoms with Crippen molar-refractivity contribution in [3.05, 3.63) is 98.9 Å². The average molecular weight is 403 g/mol. The lowest BCUT2D eigenvalue weighted by Gasteiger charge is -2.04. The Bertz CT molecular complexity index is 1370. The fraction of sp³-hybridized carbons (Fsp3) is 0.0435. The molecule has 28 heavy (non-hydrogen) atoms. The summed E-state index contributed by atoms with van der Waals surface area (Å²) in [6.07, 6.45) is 0.561. The molecule has 0 saturated carbocycles. The minimum absolute atomic E-state index is 0.0987. The van der Waals surface area contributed by atoms with E-state index in [1.165, 1.54) is 16.7 Å². The van der Waals surface area contributed by atoms with E-state index in [2.05, 4.69) is 35.3 Å². The molecule has 5 aromatic rings. The van der Waals surface area contributed by atoms with Gasteiger partial charge in [0.15, 0.2) is 0 Å². The minimum Gasteiger partial charge on any atom is -0.310 e. The van der Waals surface area contributed by atoms with E-state index in [4.69, 9.17) is 16.6 Å². The van der Waals surface area contributed by atoms with Crippen molar-refractivity contribution in [1.82, 2.24) is 9.97 Å². The minimum atomic E-state index is -0.0987. The van der Waals surface area contributed by atoms with Crippen LogP contribution in [0.1, 0.15) is 11.4 Å². The number of halogens is 1. The van der Waals surface area contributed by atoms with Crippen molar-refractivity contribution in [2.75, 3.05) is 0 Å². The zero-order valence-corrected chi connectivity index (χ0v) is 16.3. The summed E-state index contributed by atoms with van der Waals surface area (Å²) >= 11 is 7.45. The Morgan fingerprint density at radius 3 is 2.57 bits per heavy atom. The summed E-state index contributed by atoms with van der Waals surface area (Å²) in [6, 6.07) is 22.1. The summed E-state index contributed by atoms with van der Waals surface area (Å²) < 4.78 is 0. The lowest BCUT2D eigenvalue weighted by molar-refractivity contribution is 0.977. The number of thiophene rings is 1. The van der Waals surface area contributed by atoms with E-state index in [0.717, 1.165) is 26.9 Å². The van der Waals surface area contributed by atoms with Crippen LogP contribution in [0.2, 0.25) is 5.02 Å². The van der Waals surface area contributed by atoms with Crippen molar-refractivity contribution >= 4 is 43.9 Å². The molecule has 3 nitrogen and oxygen atoms in total. The van der Waals surface area contributed by atoms with Crippen molar-refractivity contribution < 1.29 is 0 Å². The number of aromatic amines is 1. The summed E-state index contributed by atoms with van der Waals surface area (Å²) in [4.78, 5) is 21.3. The van der Waals surface area contributed by atoms with Gasteiger partial charge < -0.3 is 4.98 Å². The maximum Gasteiger partial charge on any atom is 0.260 e. The molecule has 0 saturated heterocycles. The van der Waals surface area contributed by atoms with Crippen molar-refractivity contribution in [3.63, 3.8) is 0 Å². The van der Waals surface area contributed by atoms with Crippen LogP contribution in [0.15, 0.2) is 76.9 Å². The van der Waals surface area contributed by atoms with Gasteiger partial charge in [-0.15, -0.1) is 11.3 Å². The van der Waals surface area contributed by atoms with Gasteiger partial charge in [0, 0.05) is 22.4 Å². The molecule has 0 atom stereocenters. The molecule has 0 aliphatic rings. The van der Waals surface area contributed by atoms with E-state index in [9.17, 15) is 4.79 Å². The molecule has 2 aromatic heterocycles. The smallest absolute Gasteiger partial charge is 0.260 e. The van der Waals surface area contributed by atoms with Crippen molar-refractivity contribution in [2.45, 2.75) is 6.42 Å². The molecule has 3 aromatic carbocycles. The molecule has 0 aliphatic carbocycles. The normalized spacial score (nSPS) is 11.3. The molecule has 0 amide bonds. The molecule has 0 bridgehead atoms. The van der Waals surface area contributed by atoms with Gasteiger partial charge in [0.25, 0.3) is 5.56 Å². The molecule has 5 rings (SSSR count). The van der Waals surface area contributed by atoms with Gasteiger partial charge in [0.1, 0.15) is 10.7 Å². The number of hydrogen-bond donors (Lipinski definition) is 1. The van der Waals surface area contributed by atoms with Crippen molar-refractivity contribution in [2.24, 2.45) is 0 Å². The van der Waals surface area contributed by atoms with Crippen molar-refractivity contribution in [3.8, 4) is 11.1 Å². The van der Waals surface area contributed by atoms with Gasteiger partial charge in [-0.25, -0.2) is 4.98 Å². The maximum atomic E-state index is 12.9. The van der Waals surface area contributed by atoms with E-state index in [1.807, 2.05) is 41.8 Å². The molecule has 1 N–H and O–H groups in total. The van der Waals surface area contributed by atoms with Gasteiger partial charge in [-0.3, -0.25) is 4.79 Å². The first-order valence-corrected chi connectivity index (χ1v) is 10.2. The molecular weight excluding hydrogens is 388 g/mol. The number of nitrogens with one attached hydrogen (secondary N) is 1. The third kappa shape index (κ3) is 3.11. The molecule has 136 valence electrons. The van der Waals surface area contributed by atoms with Crippen LogP contribution in [0.4, 0.5) is 0 Å². The predicted molar refractivity (Wildman–Crippen MR) is 117 cm³/mol. The third-order valence-electron chi connectivity index (χ3n) is 4.84. The van der Waals surface area contributed by atoms with Crippen LogP contribution >= 0.6 is 22.9 Å². The van der Waals surface area contributed by atoms with Crippen molar-refractivity contribution in [1.29, 1.82) is 0 Å². The number of nitrogens with zero attached hydrogens (tertiary/aromatic N) is 1. The van der Waals surface area contributed by atoms with E-state index >= 15 is 0 Å². The molecule has 0 spiro atoms. The Hall–Kier alpha value is -2.95. The second-order valence-electron chi connectivity index (χ2n) is 6.71. The van der Waals surface area contributed by atoms with Gasteiger partial charge in [-0.2, -0.15) is 0 Å². The van der Waals surface area contributed by atoms with Crippen LogP contribution < -0.4 is 5.56 Å². The van der Waals surface area contributed by atoms with Crippen LogP contribution in [0.25, 0.3) is 32.1 Å². The van der Waals surface area contributed by atoms with E-state index in [1.54, 1.807) is 0 Å². The molecule has 2 heterocycles. The van der Waals surface area contributed by atoms with E-state index < -0.39 is 0 Å². The summed E-state index contributed by atoms with van der Waals surface area (Å²) in [5.41, 5.74) is 2.91. The number of aromatic nitrogens is 2. The van der Waals surface area contributed by atoms with Crippen LogP contribution in [0, 0.1) is 0 Å². The predicted octanol–water partition coefficient (Wildman–Crippen LogP) is 6.05. The molecule has 0 aliphatic heterocycles. The number of hydrogen-bond acceptors (Lipinski definition) is 3. The highest BCUT2D eigenvalue weighted by atomic mass is 35.5. The SMILES string of the molecule is O=c1[nH]c(Cc2ccc(Cl)cc2)nc2scc(-c3ccc4ccccc4c3)c12. The zero-order chi connectivity index (χ0) is 19.1. The Kier molecular flexibility index (Phi) is 4.23. The number of rotatable bonds is 3. The summed E-state index contributed by atoms with van der Waals surface area (Å²) in [5, 5.41) is 5.70. The van der Waals surface area contributed by atoms with E-state index in [0.29, 0.717) is 22.7 Å². The molecule has 0 fully saturated rings. The van der Waals surface area contributed by atoms with Crippen LogP contribution in [-0.2, 0) is 6.42 Å². The first-order chi connectivity index (χ1) is 13.7. The van der Waals surface area contributed by atoms with Gasteiger partial charge in [-0.05, 0) is 40.1 Å². The van der Waals surface area contributed by atoms with Gasteiger partial charge >= 0.3 is 0 Å². The lowest BCUT2D eigenvalue weighted by atomic mass is 10.0. The molecule has 5 heteroatoms. The third-order valence-corrected chi connectivity index (χ3v) is 5.96. The molecule has 0 unspecified atom stereocenters. The monoisotopic (exact) mass is 402 g/mol. The maximum absolute atomic E-state index is 12.9. The number of fused-ring (bicyclic) bond motifs is 2. The lowest BCUT2D eigenvalue weighted by Crippen LogP contribution is -2.11. The molecule has 0 radical (unpaired) electrons. The first kappa shape index (κ1) is 17.2. The highest BCUT2D eigenvalue weighted by Gasteiger charge is 2.13. The fourth-order valence-corrected chi connectivity index (χ4v) is 4.53. The summed E-state index contributed by atoms with van der Waals surface area (Å²) in [5.74, 6) is 0.659.